The molecule has 1 fully saturated rings. The van der Waals surface area contributed by atoms with Gasteiger partial charge in [-0.3, -0.25) is 0 Å². The molecule has 1 aliphatic rings. The van der Waals surface area contributed by atoms with E-state index in [1.807, 2.05) is 18.2 Å². The van der Waals surface area contributed by atoms with E-state index < -0.39 is 0 Å². The Bertz CT molecular complexity index is 376. The highest BCUT2D eigenvalue weighted by Crippen LogP contribution is 2.27. The van der Waals surface area contributed by atoms with Crippen LogP contribution >= 0.6 is 0 Å². The van der Waals surface area contributed by atoms with Crippen molar-refractivity contribution in [1.29, 1.82) is 0 Å². The highest BCUT2D eigenvalue weighted by Gasteiger charge is 2.32. The maximum Gasteiger partial charge on any atom is 0.122 e. The number of hydrogen-bond donors (Lipinski definition) is 2. The minimum atomic E-state index is -0.254. The zero-order chi connectivity index (χ0) is 12.3. The number of ether oxygens (including phenoxy) is 1. The van der Waals surface area contributed by atoms with Crippen molar-refractivity contribution in [3.05, 3.63) is 29.8 Å². The van der Waals surface area contributed by atoms with E-state index in [1.54, 1.807) is 7.11 Å². The van der Waals surface area contributed by atoms with E-state index in [-0.39, 0.29) is 12.1 Å². The molecule has 0 aliphatic heterocycles. The number of aliphatic hydroxyl groups excluding tert-OH is 1. The Morgan fingerprint density at radius 2 is 2.12 bits per heavy atom. The van der Waals surface area contributed by atoms with Crippen molar-refractivity contribution in [2.45, 2.75) is 37.8 Å². The number of rotatable bonds is 6. The molecule has 2 rings (SSSR count). The average Bonchev–Trinajstić information content (AvgIpc) is 3.13. The Labute approximate surface area is 103 Å². The van der Waals surface area contributed by atoms with Crippen LogP contribution in [0.3, 0.4) is 0 Å². The van der Waals surface area contributed by atoms with Crippen LogP contribution in [-0.4, -0.2) is 30.4 Å². The maximum absolute atomic E-state index is 9.58. The summed E-state index contributed by atoms with van der Waals surface area (Å²) in [6, 6.07) is 8.58. The van der Waals surface area contributed by atoms with E-state index in [9.17, 15) is 5.11 Å². The first kappa shape index (κ1) is 12.4. The lowest BCUT2D eigenvalue weighted by atomic mass is 9.93. The van der Waals surface area contributed by atoms with Crippen molar-refractivity contribution in [3.63, 3.8) is 0 Å². The maximum atomic E-state index is 9.58. The van der Waals surface area contributed by atoms with Gasteiger partial charge in [0, 0.05) is 11.6 Å². The van der Waals surface area contributed by atoms with E-state index in [0.29, 0.717) is 6.04 Å². The van der Waals surface area contributed by atoms with Crippen molar-refractivity contribution in [2.24, 2.45) is 0 Å². The van der Waals surface area contributed by atoms with Crippen LogP contribution in [0.1, 0.15) is 25.3 Å². The fourth-order valence-electron chi connectivity index (χ4n) is 2.14. The lowest BCUT2D eigenvalue weighted by Crippen LogP contribution is -2.48. The molecule has 3 nitrogen and oxygen atoms in total. The Morgan fingerprint density at radius 3 is 2.71 bits per heavy atom. The smallest absolute Gasteiger partial charge is 0.122 e. The van der Waals surface area contributed by atoms with Gasteiger partial charge in [-0.15, -0.1) is 0 Å². The predicted octanol–water partition coefficient (Wildman–Crippen LogP) is 1.74. The van der Waals surface area contributed by atoms with Crippen LogP contribution < -0.4 is 10.1 Å². The van der Waals surface area contributed by atoms with Gasteiger partial charge < -0.3 is 15.2 Å². The Kier molecular flexibility index (Phi) is 3.69. The van der Waals surface area contributed by atoms with Gasteiger partial charge in [-0.25, -0.2) is 0 Å². The van der Waals surface area contributed by atoms with Gasteiger partial charge in [0.05, 0.1) is 13.7 Å². The highest BCUT2D eigenvalue weighted by atomic mass is 16.5. The van der Waals surface area contributed by atoms with Gasteiger partial charge in [0.25, 0.3) is 0 Å². The van der Waals surface area contributed by atoms with E-state index in [2.05, 4.69) is 18.3 Å². The first-order valence-electron chi connectivity index (χ1n) is 6.17. The van der Waals surface area contributed by atoms with Crippen LogP contribution in [0, 0.1) is 0 Å². The van der Waals surface area contributed by atoms with Gasteiger partial charge in [0.2, 0.25) is 0 Å². The topological polar surface area (TPSA) is 41.5 Å². The van der Waals surface area contributed by atoms with Gasteiger partial charge in [-0.2, -0.15) is 0 Å². The SMILES string of the molecule is COc1ccccc1CC(C)(CO)NC1CC1. The summed E-state index contributed by atoms with van der Waals surface area (Å²) < 4.78 is 5.35. The molecule has 17 heavy (non-hydrogen) atoms. The molecular formula is C14H21NO2. The van der Waals surface area contributed by atoms with E-state index >= 15 is 0 Å². The van der Waals surface area contributed by atoms with Crippen LogP contribution in [-0.2, 0) is 6.42 Å². The van der Waals surface area contributed by atoms with Crippen LogP contribution in [0.5, 0.6) is 5.75 Å². The van der Waals surface area contributed by atoms with Gasteiger partial charge >= 0.3 is 0 Å². The summed E-state index contributed by atoms with van der Waals surface area (Å²) in [5.74, 6) is 0.893. The molecule has 0 aromatic heterocycles. The van der Waals surface area contributed by atoms with Crippen molar-refractivity contribution in [1.82, 2.24) is 5.32 Å². The number of hydrogen-bond acceptors (Lipinski definition) is 3. The van der Waals surface area contributed by atoms with E-state index in [0.717, 1.165) is 17.7 Å². The summed E-state index contributed by atoms with van der Waals surface area (Å²) in [6.07, 6.45) is 3.23. The third-order valence-electron chi connectivity index (χ3n) is 3.25. The molecule has 1 unspecified atom stereocenters. The molecule has 0 radical (unpaired) electrons. The molecule has 3 heteroatoms. The molecule has 1 aromatic rings. The second-order valence-electron chi connectivity index (χ2n) is 5.13. The Balaban J connectivity index is 2.10. The zero-order valence-corrected chi connectivity index (χ0v) is 10.6. The van der Waals surface area contributed by atoms with Crippen molar-refractivity contribution < 1.29 is 9.84 Å². The summed E-state index contributed by atoms with van der Waals surface area (Å²) in [5.41, 5.74) is 0.884. The van der Waals surface area contributed by atoms with Crippen LogP contribution in [0.25, 0.3) is 0 Å². The Morgan fingerprint density at radius 1 is 1.41 bits per heavy atom. The van der Waals surface area contributed by atoms with E-state index in [1.165, 1.54) is 12.8 Å². The van der Waals surface area contributed by atoms with Crippen LogP contribution in [0.2, 0.25) is 0 Å². The molecular weight excluding hydrogens is 214 g/mol. The largest absolute Gasteiger partial charge is 0.496 e. The molecule has 0 heterocycles. The zero-order valence-electron chi connectivity index (χ0n) is 10.6. The number of methoxy groups -OCH3 is 1. The normalized spacial score (nSPS) is 18.8. The lowest BCUT2D eigenvalue weighted by molar-refractivity contribution is 0.171. The average molecular weight is 235 g/mol. The molecule has 94 valence electrons. The number of benzene rings is 1. The molecule has 0 spiro atoms. The molecule has 0 bridgehead atoms. The van der Waals surface area contributed by atoms with Crippen LogP contribution in [0.4, 0.5) is 0 Å². The molecule has 1 aromatic carbocycles. The minimum Gasteiger partial charge on any atom is -0.496 e. The summed E-state index contributed by atoms with van der Waals surface area (Å²) in [4.78, 5) is 0. The van der Waals surface area contributed by atoms with Crippen molar-refractivity contribution >= 4 is 0 Å². The molecule has 0 saturated heterocycles. The number of nitrogens with one attached hydrogen (secondary N) is 1. The molecule has 1 saturated carbocycles. The summed E-state index contributed by atoms with van der Waals surface area (Å²) in [6.45, 7) is 2.21. The van der Waals surface area contributed by atoms with E-state index in [4.69, 9.17) is 4.74 Å². The third-order valence-corrected chi connectivity index (χ3v) is 3.25. The fourth-order valence-corrected chi connectivity index (χ4v) is 2.14. The summed E-state index contributed by atoms with van der Waals surface area (Å²) >= 11 is 0. The summed E-state index contributed by atoms with van der Waals surface area (Å²) in [5, 5.41) is 13.1. The van der Waals surface area contributed by atoms with Crippen LogP contribution in [0.15, 0.2) is 24.3 Å². The van der Waals surface area contributed by atoms with Gasteiger partial charge in [0.1, 0.15) is 5.75 Å². The fraction of sp³-hybridized carbons (Fsp3) is 0.571. The van der Waals surface area contributed by atoms with Crippen molar-refractivity contribution in [3.8, 4) is 5.75 Å². The Hall–Kier alpha value is -1.06. The first-order chi connectivity index (χ1) is 8.17. The molecule has 1 atom stereocenters. The molecule has 0 amide bonds. The monoisotopic (exact) mass is 235 g/mol. The van der Waals surface area contributed by atoms with Gasteiger partial charge in [0.15, 0.2) is 0 Å². The summed E-state index contributed by atoms with van der Waals surface area (Å²) in [7, 11) is 1.68. The number of aliphatic hydroxyl groups is 1. The van der Waals surface area contributed by atoms with Gasteiger partial charge in [-0.05, 0) is 37.8 Å². The quantitative estimate of drug-likeness (QED) is 0.789. The molecule has 2 N–H and O–H groups in total. The van der Waals surface area contributed by atoms with Gasteiger partial charge in [-0.1, -0.05) is 18.2 Å². The number of para-hydroxylation sites is 1. The second kappa shape index (κ2) is 5.07. The standard InChI is InChI=1S/C14H21NO2/c1-14(10-16,15-12-7-8-12)9-11-5-3-4-6-13(11)17-2/h3-6,12,15-16H,7-10H2,1-2H3. The second-order valence-corrected chi connectivity index (χ2v) is 5.13. The lowest BCUT2D eigenvalue weighted by Gasteiger charge is -2.29. The molecule has 1 aliphatic carbocycles. The first-order valence-corrected chi connectivity index (χ1v) is 6.17. The highest BCUT2D eigenvalue weighted by molar-refractivity contribution is 5.34. The minimum absolute atomic E-state index is 0.140. The predicted molar refractivity (Wildman–Crippen MR) is 68.3 cm³/mol. The third kappa shape index (κ3) is 3.20. The van der Waals surface area contributed by atoms with Crippen molar-refractivity contribution in [2.75, 3.05) is 13.7 Å².